The number of hydrogen-bond acceptors (Lipinski definition) is 2. The molecule has 0 saturated carbocycles. The smallest absolute Gasteiger partial charge is 0.207 e. The van der Waals surface area contributed by atoms with Crippen molar-refractivity contribution in [3.8, 4) is 0 Å². The van der Waals surface area contributed by atoms with Crippen LogP contribution in [0.2, 0.25) is 0 Å². The van der Waals surface area contributed by atoms with Gasteiger partial charge in [0.15, 0.2) is 0 Å². The van der Waals surface area contributed by atoms with E-state index < -0.39 is 10.0 Å². The summed E-state index contributed by atoms with van der Waals surface area (Å²) in [5, 5.41) is 0. The highest BCUT2D eigenvalue weighted by molar-refractivity contribution is 7.89. The van der Waals surface area contributed by atoms with Crippen molar-refractivity contribution in [2.45, 2.75) is 24.2 Å². The van der Waals surface area contributed by atoms with Crippen molar-refractivity contribution in [2.24, 2.45) is 0 Å². The number of benzene rings is 2. The Balaban J connectivity index is 2.23. The zero-order valence-electron chi connectivity index (χ0n) is 12.1. The molecule has 0 aromatic heterocycles. The lowest BCUT2D eigenvalue weighted by Gasteiger charge is -2.17. The van der Waals surface area contributed by atoms with Crippen LogP contribution in [0.5, 0.6) is 0 Å². The van der Waals surface area contributed by atoms with Crippen molar-refractivity contribution in [2.75, 3.05) is 7.05 Å². The summed E-state index contributed by atoms with van der Waals surface area (Å²) in [7, 11) is -1.92. The minimum Gasteiger partial charge on any atom is -0.207 e. The number of rotatable bonds is 5. The minimum atomic E-state index is -3.51. The second-order valence-corrected chi connectivity index (χ2v) is 7.34. The Hall–Kier alpha value is -1.36. The maximum absolute atomic E-state index is 12.6. The number of sulfonamides is 1. The first-order valence-corrected chi connectivity index (χ1v) is 8.58. The maximum atomic E-state index is 12.6. The molecule has 2 aromatic carbocycles. The van der Waals surface area contributed by atoms with Crippen molar-refractivity contribution in [1.29, 1.82) is 0 Å². The van der Waals surface area contributed by atoms with Crippen LogP contribution in [-0.2, 0) is 22.4 Å². The van der Waals surface area contributed by atoms with Gasteiger partial charge in [0.1, 0.15) is 0 Å². The zero-order valence-corrected chi connectivity index (χ0v) is 13.7. The number of aryl methyl sites for hydroxylation is 1. The number of hydrogen-bond donors (Lipinski definition) is 0. The maximum Gasteiger partial charge on any atom is 0.243 e. The first-order chi connectivity index (χ1) is 9.93. The number of nitrogens with zero attached hydrogens (tertiary/aromatic N) is 1. The summed E-state index contributed by atoms with van der Waals surface area (Å²) in [6, 6.07) is 14.6. The topological polar surface area (TPSA) is 37.4 Å². The molecule has 112 valence electrons. The quantitative estimate of drug-likeness (QED) is 0.789. The summed E-state index contributed by atoms with van der Waals surface area (Å²) in [5.74, 6) is 0.297. The summed E-state index contributed by atoms with van der Waals surface area (Å²) in [5.41, 5.74) is 2.90. The Labute approximate surface area is 131 Å². The molecule has 0 unspecified atom stereocenters. The molecule has 3 nitrogen and oxygen atoms in total. The van der Waals surface area contributed by atoms with Crippen molar-refractivity contribution in [1.82, 2.24) is 4.31 Å². The average molecular weight is 324 g/mol. The Bertz CT molecular complexity index is 711. The van der Waals surface area contributed by atoms with E-state index in [4.69, 9.17) is 11.6 Å². The number of halogens is 1. The Morgan fingerprint density at radius 2 is 1.71 bits per heavy atom. The molecule has 2 rings (SSSR count). The molecule has 0 aliphatic heterocycles. The molecule has 2 aromatic rings. The first-order valence-electron chi connectivity index (χ1n) is 6.60. The molecule has 0 heterocycles. The van der Waals surface area contributed by atoms with E-state index in [9.17, 15) is 8.42 Å². The van der Waals surface area contributed by atoms with Gasteiger partial charge in [0.2, 0.25) is 10.0 Å². The molecular weight excluding hydrogens is 306 g/mol. The predicted octanol–water partition coefficient (Wildman–Crippen LogP) is 3.55. The molecule has 0 N–H and O–H groups in total. The van der Waals surface area contributed by atoms with Gasteiger partial charge in [-0.25, -0.2) is 8.42 Å². The van der Waals surface area contributed by atoms with E-state index in [1.54, 1.807) is 25.2 Å². The molecule has 0 spiro atoms. The monoisotopic (exact) mass is 323 g/mol. The summed E-state index contributed by atoms with van der Waals surface area (Å²) < 4.78 is 26.5. The third-order valence-electron chi connectivity index (χ3n) is 3.29. The van der Waals surface area contributed by atoms with Gasteiger partial charge in [0.25, 0.3) is 0 Å². The second kappa shape index (κ2) is 6.60. The molecule has 0 bridgehead atoms. The molecule has 0 aliphatic carbocycles. The highest BCUT2D eigenvalue weighted by Crippen LogP contribution is 2.19. The van der Waals surface area contributed by atoms with Gasteiger partial charge in [-0.15, -0.1) is 11.6 Å². The van der Waals surface area contributed by atoms with E-state index in [-0.39, 0.29) is 4.90 Å². The number of alkyl halides is 1. The molecule has 0 atom stereocenters. The van der Waals surface area contributed by atoms with Gasteiger partial charge >= 0.3 is 0 Å². The van der Waals surface area contributed by atoms with E-state index in [1.807, 2.05) is 37.3 Å². The summed E-state index contributed by atoms with van der Waals surface area (Å²) in [6.07, 6.45) is 0. The first kappa shape index (κ1) is 16.0. The van der Waals surface area contributed by atoms with Crippen LogP contribution in [0, 0.1) is 6.92 Å². The van der Waals surface area contributed by atoms with E-state index in [0.717, 1.165) is 16.7 Å². The molecule has 0 fully saturated rings. The van der Waals surface area contributed by atoms with Gasteiger partial charge in [-0.3, -0.25) is 0 Å². The lowest BCUT2D eigenvalue weighted by atomic mass is 10.1. The van der Waals surface area contributed by atoms with Gasteiger partial charge in [-0.1, -0.05) is 42.0 Å². The average Bonchev–Trinajstić information content (AvgIpc) is 2.49. The normalized spacial score (nSPS) is 11.8. The fraction of sp³-hybridized carbons (Fsp3) is 0.250. The van der Waals surface area contributed by atoms with Crippen molar-refractivity contribution in [3.63, 3.8) is 0 Å². The second-order valence-electron chi connectivity index (χ2n) is 5.03. The highest BCUT2D eigenvalue weighted by Gasteiger charge is 2.21. The Morgan fingerprint density at radius 3 is 2.33 bits per heavy atom. The van der Waals surface area contributed by atoms with E-state index in [2.05, 4.69) is 0 Å². The lowest BCUT2D eigenvalue weighted by molar-refractivity contribution is 0.466. The van der Waals surface area contributed by atoms with Gasteiger partial charge < -0.3 is 0 Å². The highest BCUT2D eigenvalue weighted by atomic mass is 35.5. The van der Waals surface area contributed by atoms with E-state index in [1.165, 1.54) is 4.31 Å². The fourth-order valence-electron chi connectivity index (χ4n) is 2.00. The van der Waals surface area contributed by atoms with Crippen LogP contribution in [-0.4, -0.2) is 19.8 Å². The van der Waals surface area contributed by atoms with Gasteiger partial charge in [-0.2, -0.15) is 4.31 Å². The zero-order chi connectivity index (χ0) is 15.5. The van der Waals surface area contributed by atoms with Crippen molar-refractivity contribution < 1.29 is 8.42 Å². The van der Waals surface area contributed by atoms with Crippen molar-refractivity contribution >= 4 is 21.6 Å². The standard InChI is InChI=1S/C16H18ClNO2S/c1-13-6-8-14(9-7-13)12-18(2)21(19,20)16-5-3-4-15(10-16)11-17/h3-10H,11-12H2,1-2H3. The SMILES string of the molecule is Cc1ccc(CN(C)S(=O)(=O)c2cccc(CCl)c2)cc1. The van der Waals surface area contributed by atoms with Crippen LogP contribution in [0.15, 0.2) is 53.4 Å². The molecule has 21 heavy (non-hydrogen) atoms. The van der Waals surface area contributed by atoms with Crippen LogP contribution in [0.3, 0.4) is 0 Å². The largest absolute Gasteiger partial charge is 0.243 e. The van der Waals surface area contributed by atoms with Gasteiger partial charge in [0.05, 0.1) is 4.90 Å². The lowest BCUT2D eigenvalue weighted by Crippen LogP contribution is -2.26. The predicted molar refractivity (Wildman–Crippen MR) is 85.8 cm³/mol. The molecule has 0 amide bonds. The fourth-order valence-corrected chi connectivity index (χ4v) is 3.40. The molecule has 0 saturated heterocycles. The van der Waals surface area contributed by atoms with Crippen LogP contribution in [0.1, 0.15) is 16.7 Å². The minimum absolute atomic E-state index is 0.273. The third kappa shape index (κ3) is 3.84. The van der Waals surface area contributed by atoms with Crippen LogP contribution in [0.25, 0.3) is 0 Å². The van der Waals surface area contributed by atoms with Crippen LogP contribution < -0.4 is 0 Å². The van der Waals surface area contributed by atoms with Crippen LogP contribution in [0.4, 0.5) is 0 Å². The van der Waals surface area contributed by atoms with E-state index >= 15 is 0 Å². The molecule has 0 aliphatic rings. The molecule has 5 heteroatoms. The Morgan fingerprint density at radius 1 is 1.05 bits per heavy atom. The van der Waals surface area contributed by atoms with Gasteiger partial charge in [0, 0.05) is 19.5 Å². The Kier molecular flexibility index (Phi) is 5.04. The van der Waals surface area contributed by atoms with Gasteiger partial charge in [-0.05, 0) is 30.2 Å². The summed E-state index contributed by atoms with van der Waals surface area (Å²) >= 11 is 5.76. The van der Waals surface area contributed by atoms with Crippen molar-refractivity contribution in [3.05, 3.63) is 65.2 Å². The van der Waals surface area contributed by atoms with Crippen LogP contribution >= 0.6 is 11.6 Å². The summed E-state index contributed by atoms with van der Waals surface area (Å²) in [6.45, 7) is 2.34. The molecule has 0 radical (unpaired) electrons. The molecular formula is C16H18ClNO2S. The van der Waals surface area contributed by atoms with E-state index in [0.29, 0.717) is 12.4 Å². The third-order valence-corrected chi connectivity index (χ3v) is 5.39. The summed E-state index contributed by atoms with van der Waals surface area (Å²) in [4.78, 5) is 0.273.